The average molecular weight is 456 g/mol. The summed E-state index contributed by atoms with van der Waals surface area (Å²) in [6.07, 6.45) is 1.50. The van der Waals surface area contributed by atoms with Gasteiger partial charge < -0.3 is 14.2 Å². The quantitative estimate of drug-likeness (QED) is 0.327. The van der Waals surface area contributed by atoms with Crippen molar-refractivity contribution in [2.45, 2.75) is 13.5 Å². The van der Waals surface area contributed by atoms with E-state index in [2.05, 4.69) is 29.2 Å². The molecule has 0 aliphatic rings. The molecular formula is C19H18FIO4. The molecule has 0 unspecified atom stereocenters. The van der Waals surface area contributed by atoms with Crippen LogP contribution in [0.1, 0.15) is 22.8 Å². The van der Waals surface area contributed by atoms with E-state index in [1.165, 1.54) is 18.2 Å². The second-order valence-electron chi connectivity index (χ2n) is 5.02. The summed E-state index contributed by atoms with van der Waals surface area (Å²) in [6.45, 7) is 6.09. The lowest BCUT2D eigenvalue weighted by atomic mass is 10.2. The Bertz CT molecular complexity index is 761. The molecule has 0 amide bonds. The minimum absolute atomic E-state index is 0.136. The SMILES string of the molecule is C=CCOC(=O)c1cc(I)c(OCc2cccc(F)c2)c(OCC)c1. The van der Waals surface area contributed by atoms with Crippen LogP contribution in [0.4, 0.5) is 4.39 Å². The van der Waals surface area contributed by atoms with E-state index in [0.29, 0.717) is 32.8 Å². The van der Waals surface area contributed by atoms with Gasteiger partial charge in [0.25, 0.3) is 0 Å². The Morgan fingerprint density at radius 3 is 2.76 bits per heavy atom. The summed E-state index contributed by atoms with van der Waals surface area (Å²) >= 11 is 2.06. The fraction of sp³-hybridized carbons (Fsp3) is 0.211. The van der Waals surface area contributed by atoms with E-state index < -0.39 is 5.97 Å². The Hall–Kier alpha value is -2.09. The van der Waals surface area contributed by atoms with Crippen LogP contribution in [0.25, 0.3) is 0 Å². The Morgan fingerprint density at radius 1 is 1.28 bits per heavy atom. The molecule has 2 aromatic rings. The minimum atomic E-state index is -0.463. The van der Waals surface area contributed by atoms with Crippen molar-refractivity contribution in [2.75, 3.05) is 13.2 Å². The van der Waals surface area contributed by atoms with Crippen LogP contribution in [0.2, 0.25) is 0 Å². The van der Waals surface area contributed by atoms with Gasteiger partial charge >= 0.3 is 5.97 Å². The van der Waals surface area contributed by atoms with Crippen molar-refractivity contribution >= 4 is 28.6 Å². The van der Waals surface area contributed by atoms with Crippen molar-refractivity contribution < 1.29 is 23.4 Å². The summed E-state index contributed by atoms with van der Waals surface area (Å²) < 4.78 is 30.4. The molecule has 0 radical (unpaired) electrons. The average Bonchev–Trinajstić information content (AvgIpc) is 2.59. The standard InChI is InChI=1S/C19H18FIO4/c1-3-8-24-19(22)14-10-16(21)18(17(11-14)23-4-2)25-12-13-6-5-7-15(20)9-13/h3,5-7,9-11H,1,4,8,12H2,2H3. The first-order chi connectivity index (χ1) is 12.0. The molecule has 25 heavy (non-hydrogen) atoms. The molecule has 0 spiro atoms. The number of ether oxygens (including phenoxy) is 3. The van der Waals surface area contributed by atoms with Crippen LogP contribution < -0.4 is 9.47 Å². The zero-order valence-electron chi connectivity index (χ0n) is 13.8. The number of esters is 1. The molecule has 0 aliphatic heterocycles. The first-order valence-corrected chi connectivity index (χ1v) is 8.74. The fourth-order valence-corrected chi connectivity index (χ4v) is 2.85. The van der Waals surface area contributed by atoms with Gasteiger partial charge in [-0.15, -0.1) is 0 Å². The Kier molecular flexibility index (Phi) is 7.24. The van der Waals surface area contributed by atoms with Crippen LogP contribution in [-0.2, 0) is 11.3 Å². The number of halogens is 2. The Morgan fingerprint density at radius 2 is 2.08 bits per heavy atom. The molecule has 4 nitrogen and oxygen atoms in total. The normalized spacial score (nSPS) is 10.2. The van der Waals surface area contributed by atoms with E-state index in [9.17, 15) is 9.18 Å². The van der Waals surface area contributed by atoms with Crippen LogP contribution >= 0.6 is 22.6 Å². The topological polar surface area (TPSA) is 44.8 Å². The van der Waals surface area contributed by atoms with Gasteiger partial charge in [0.05, 0.1) is 15.7 Å². The van der Waals surface area contributed by atoms with Gasteiger partial charge in [-0.05, 0) is 59.3 Å². The number of rotatable bonds is 8. The van der Waals surface area contributed by atoms with Crippen LogP contribution in [0, 0.1) is 9.39 Å². The van der Waals surface area contributed by atoms with Crippen molar-refractivity contribution in [1.82, 2.24) is 0 Å². The van der Waals surface area contributed by atoms with E-state index in [0.717, 1.165) is 0 Å². The second-order valence-corrected chi connectivity index (χ2v) is 6.19. The third-order valence-corrected chi connectivity index (χ3v) is 3.95. The molecule has 0 bridgehead atoms. The van der Waals surface area contributed by atoms with E-state index >= 15 is 0 Å². The monoisotopic (exact) mass is 456 g/mol. The highest BCUT2D eigenvalue weighted by Crippen LogP contribution is 2.35. The molecular weight excluding hydrogens is 438 g/mol. The molecule has 0 heterocycles. The van der Waals surface area contributed by atoms with E-state index in [1.54, 1.807) is 24.3 Å². The first kappa shape index (κ1) is 19.2. The molecule has 0 fully saturated rings. The molecule has 0 N–H and O–H groups in total. The third kappa shape index (κ3) is 5.45. The van der Waals surface area contributed by atoms with Crippen molar-refractivity contribution in [3.8, 4) is 11.5 Å². The maximum atomic E-state index is 13.3. The van der Waals surface area contributed by atoms with Gasteiger partial charge in [0.15, 0.2) is 11.5 Å². The van der Waals surface area contributed by atoms with Crippen molar-refractivity contribution in [1.29, 1.82) is 0 Å². The molecule has 2 aromatic carbocycles. The number of hydrogen-bond acceptors (Lipinski definition) is 4. The predicted octanol–water partition coefficient (Wildman–Crippen LogP) is 4.75. The summed E-state index contributed by atoms with van der Waals surface area (Å²) in [4.78, 5) is 12.0. The van der Waals surface area contributed by atoms with Crippen molar-refractivity contribution in [2.24, 2.45) is 0 Å². The minimum Gasteiger partial charge on any atom is -0.490 e. The lowest BCUT2D eigenvalue weighted by Crippen LogP contribution is -2.08. The molecule has 6 heteroatoms. The van der Waals surface area contributed by atoms with Gasteiger partial charge in [0, 0.05) is 0 Å². The maximum absolute atomic E-state index is 13.3. The van der Waals surface area contributed by atoms with Gasteiger partial charge in [-0.1, -0.05) is 24.8 Å². The van der Waals surface area contributed by atoms with Crippen LogP contribution in [-0.4, -0.2) is 19.2 Å². The molecule has 0 saturated carbocycles. The lowest BCUT2D eigenvalue weighted by molar-refractivity contribution is 0.0549. The second kappa shape index (κ2) is 9.41. The van der Waals surface area contributed by atoms with E-state index in [-0.39, 0.29) is 19.0 Å². The number of carbonyl (C=O) groups is 1. The van der Waals surface area contributed by atoms with Gasteiger partial charge in [0.1, 0.15) is 19.0 Å². The number of hydrogen-bond donors (Lipinski definition) is 0. The largest absolute Gasteiger partial charge is 0.490 e. The number of benzene rings is 2. The summed E-state index contributed by atoms with van der Waals surface area (Å²) in [5.41, 5.74) is 1.07. The molecule has 0 atom stereocenters. The zero-order chi connectivity index (χ0) is 18.2. The molecule has 0 aromatic heterocycles. The van der Waals surface area contributed by atoms with Gasteiger partial charge in [-0.25, -0.2) is 9.18 Å². The van der Waals surface area contributed by atoms with Gasteiger partial charge in [-0.2, -0.15) is 0 Å². The number of carbonyl (C=O) groups excluding carboxylic acids is 1. The van der Waals surface area contributed by atoms with Crippen molar-refractivity contribution in [3.05, 3.63) is 69.6 Å². The fourth-order valence-electron chi connectivity index (χ4n) is 2.09. The summed E-state index contributed by atoms with van der Waals surface area (Å²) in [5, 5.41) is 0. The van der Waals surface area contributed by atoms with Crippen LogP contribution in [0.5, 0.6) is 11.5 Å². The summed E-state index contributed by atoms with van der Waals surface area (Å²) in [5.74, 6) is 0.167. The Labute approximate surface area is 159 Å². The highest BCUT2D eigenvalue weighted by atomic mass is 127. The van der Waals surface area contributed by atoms with Crippen LogP contribution in [0.3, 0.4) is 0 Å². The zero-order valence-corrected chi connectivity index (χ0v) is 15.9. The van der Waals surface area contributed by atoms with Crippen LogP contribution in [0.15, 0.2) is 49.1 Å². The third-order valence-electron chi connectivity index (χ3n) is 3.15. The Balaban J connectivity index is 2.24. The highest BCUT2D eigenvalue weighted by molar-refractivity contribution is 14.1. The lowest BCUT2D eigenvalue weighted by Gasteiger charge is -2.15. The maximum Gasteiger partial charge on any atom is 0.338 e. The summed E-state index contributed by atoms with van der Waals surface area (Å²) in [6, 6.07) is 9.43. The summed E-state index contributed by atoms with van der Waals surface area (Å²) in [7, 11) is 0. The van der Waals surface area contributed by atoms with E-state index in [4.69, 9.17) is 14.2 Å². The first-order valence-electron chi connectivity index (χ1n) is 7.66. The molecule has 132 valence electrons. The smallest absolute Gasteiger partial charge is 0.338 e. The van der Waals surface area contributed by atoms with Gasteiger partial charge in [-0.3, -0.25) is 0 Å². The van der Waals surface area contributed by atoms with E-state index in [1.807, 2.05) is 6.92 Å². The highest BCUT2D eigenvalue weighted by Gasteiger charge is 2.17. The van der Waals surface area contributed by atoms with Crippen molar-refractivity contribution in [3.63, 3.8) is 0 Å². The molecule has 0 saturated heterocycles. The predicted molar refractivity (Wildman–Crippen MR) is 102 cm³/mol. The molecule has 2 rings (SSSR count). The molecule has 0 aliphatic carbocycles. The van der Waals surface area contributed by atoms with Gasteiger partial charge in [0.2, 0.25) is 0 Å².